The topological polar surface area (TPSA) is 87.5 Å². The first-order chi connectivity index (χ1) is 13.0. The maximum Gasteiger partial charge on any atom is 0.163 e. The molecule has 1 N–H and O–H groups in total. The summed E-state index contributed by atoms with van der Waals surface area (Å²) in [7, 11) is 0. The summed E-state index contributed by atoms with van der Waals surface area (Å²) < 4.78 is 11.9. The van der Waals surface area contributed by atoms with Crippen molar-refractivity contribution in [2.24, 2.45) is 5.11 Å². The van der Waals surface area contributed by atoms with E-state index in [1.54, 1.807) is 0 Å². The molecule has 0 saturated carbocycles. The molecule has 1 saturated heterocycles. The fraction of sp³-hybridized carbons (Fsp3) is 1.00. The summed E-state index contributed by atoms with van der Waals surface area (Å²) in [5.41, 5.74) is 8.68. The molecule has 158 valence electrons. The van der Waals surface area contributed by atoms with Gasteiger partial charge in [-0.2, -0.15) is 0 Å². The predicted octanol–water partition coefficient (Wildman–Crippen LogP) is 6.27. The number of rotatable bonds is 16. The molecule has 0 aromatic carbocycles. The summed E-state index contributed by atoms with van der Waals surface area (Å²) in [6, 6.07) is -0.584. The number of ether oxygens (including phenoxy) is 2. The highest BCUT2D eigenvalue weighted by atomic mass is 16.8. The summed E-state index contributed by atoms with van der Waals surface area (Å²) in [4.78, 5) is 2.83. The third-order valence-electron chi connectivity index (χ3n) is 5.33. The monoisotopic (exact) mass is 383 g/mol. The van der Waals surface area contributed by atoms with Crippen LogP contribution >= 0.6 is 0 Å². The second kappa shape index (κ2) is 14.2. The number of unbranched alkanes of at least 4 members (excludes halogenated alkanes) is 11. The van der Waals surface area contributed by atoms with E-state index < -0.39 is 11.8 Å². The molecule has 3 atom stereocenters. The van der Waals surface area contributed by atoms with Gasteiger partial charge < -0.3 is 14.6 Å². The standard InChI is InChI=1S/C21H41N3O3/c1-4-5-6-7-8-9-10-11-12-13-14-15-16-19-20(18(17-25)23-24-22)27-21(2,3)26-19/h18-20,25H,4-17H2,1-3H3/t18-,19-,20-/m0/s1. The molecule has 1 aliphatic heterocycles. The Morgan fingerprint density at radius 1 is 0.926 bits per heavy atom. The van der Waals surface area contributed by atoms with Gasteiger partial charge >= 0.3 is 0 Å². The summed E-state index contributed by atoms with van der Waals surface area (Å²) in [6.07, 6.45) is 16.2. The largest absolute Gasteiger partial charge is 0.396 e. The van der Waals surface area contributed by atoms with Gasteiger partial charge in [0, 0.05) is 4.91 Å². The van der Waals surface area contributed by atoms with E-state index in [1.165, 1.54) is 70.6 Å². The lowest BCUT2D eigenvalue weighted by Gasteiger charge is -2.21. The van der Waals surface area contributed by atoms with Crippen LogP contribution in [0.15, 0.2) is 5.11 Å². The van der Waals surface area contributed by atoms with E-state index in [1.807, 2.05) is 13.8 Å². The fourth-order valence-electron chi connectivity index (χ4n) is 3.87. The molecule has 0 spiro atoms. The Morgan fingerprint density at radius 3 is 1.93 bits per heavy atom. The van der Waals surface area contributed by atoms with Crippen molar-refractivity contribution in [1.82, 2.24) is 0 Å². The van der Waals surface area contributed by atoms with Crippen molar-refractivity contribution in [2.75, 3.05) is 6.61 Å². The summed E-state index contributed by atoms with van der Waals surface area (Å²) in [6.45, 7) is 5.78. The fourth-order valence-corrected chi connectivity index (χ4v) is 3.87. The SMILES string of the molecule is CCCCCCCCCCCCCC[C@@H]1OC(C)(C)O[C@H]1[C@H](CO)N=[N+]=[N-]. The molecule has 0 aliphatic carbocycles. The van der Waals surface area contributed by atoms with Crippen molar-refractivity contribution in [3.63, 3.8) is 0 Å². The van der Waals surface area contributed by atoms with Crippen LogP contribution in [-0.4, -0.2) is 35.8 Å². The lowest BCUT2D eigenvalue weighted by atomic mass is 10.00. The Hall–Kier alpha value is -0.810. The molecule has 6 heteroatoms. The molecule has 0 aromatic rings. The average Bonchev–Trinajstić information content (AvgIpc) is 2.95. The first kappa shape index (κ1) is 24.2. The maximum absolute atomic E-state index is 9.48. The molecule has 27 heavy (non-hydrogen) atoms. The van der Waals surface area contributed by atoms with Gasteiger partial charge in [0.25, 0.3) is 0 Å². The third kappa shape index (κ3) is 10.3. The summed E-state index contributed by atoms with van der Waals surface area (Å²) >= 11 is 0. The Labute approximate surface area is 165 Å². The minimum atomic E-state index is -0.690. The smallest absolute Gasteiger partial charge is 0.163 e. The molecule has 0 unspecified atom stereocenters. The number of hydrogen-bond acceptors (Lipinski definition) is 4. The van der Waals surface area contributed by atoms with Gasteiger partial charge in [0.2, 0.25) is 0 Å². The van der Waals surface area contributed by atoms with Crippen molar-refractivity contribution < 1.29 is 14.6 Å². The van der Waals surface area contributed by atoms with Gasteiger partial charge in [-0.25, -0.2) is 0 Å². The van der Waals surface area contributed by atoms with Gasteiger partial charge in [0.05, 0.1) is 24.9 Å². The van der Waals surface area contributed by atoms with Crippen molar-refractivity contribution in [2.45, 2.75) is 128 Å². The average molecular weight is 384 g/mol. The lowest BCUT2D eigenvalue weighted by molar-refractivity contribution is -0.148. The highest BCUT2D eigenvalue weighted by Crippen LogP contribution is 2.33. The zero-order valence-corrected chi connectivity index (χ0v) is 17.7. The van der Waals surface area contributed by atoms with Crippen LogP contribution in [0.4, 0.5) is 0 Å². The lowest BCUT2D eigenvalue weighted by Crippen LogP contribution is -2.36. The molecule has 1 heterocycles. The second-order valence-corrected chi connectivity index (χ2v) is 8.27. The van der Waals surface area contributed by atoms with Crippen LogP contribution in [0.1, 0.15) is 104 Å². The highest BCUT2D eigenvalue weighted by molar-refractivity contribution is 4.90. The number of nitrogens with zero attached hydrogens (tertiary/aromatic N) is 3. The van der Waals surface area contributed by atoms with Crippen LogP contribution in [-0.2, 0) is 9.47 Å². The van der Waals surface area contributed by atoms with E-state index in [0.29, 0.717) is 0 Å². The zero-order chi connectivity index (χ0) is 20.0. The van der Waals surface area contributed by atoms with Crippen molar-refractivity contribution in [3.05, 3.63) is 10.4 Å². The van der Waals surface area contributed by atoms with Crippen LogP contribution in [0.2, 0.25) is 0 Å². The zero-order valence-electron chi connectivity index (χ0n) is 17.7. The number of hydrogen-bond donors (Lipinski definition) is 1. The van der Waals surface area contributed by atoms with E-state index in [0.717, 1.165) is 12.8 Å². The maximum atomic E-state index is 9.48. The molecule has 0 amide bonds. The Morgan fingerprint density at radius 2 is 1.44 bits per heavy atom. The Balaban J connectivity index is 2.13. The summed E-state index contributed by atoms with van der Waals surface area (Å²) in [5, 5.41) is 13.2. The van der Waals surface area contributed by atoms with Gasteiger partial charge in [0.15, 0.2) is 5.79 Å². The van der Waals surface area contributed by atoms with Crippen LogP contribution in [0.25, 0.3) is 10.4 Å². The molecule has 6 nitrogen and oxygen atoms in total. The molecular formula is C21H41N3O3. The normalized spacial score (nSPS) is 22.5. The van der Waals surface area contributed by atoms with Crippen LogP contribution < -0.4 is 0 Å². The molecule has 1 rings (SSSR count). The minimum absolute atomic E-state index is 0.120. The van der Waals surface area contributed by atoms with Crippen molar-refractivity contribution in [3.8, 4) is 0 Å². The van der Waals surface area contributed by atoms with Gasteiger partial charge in [-0.3, -0.25) is 0 Å². The molecule has 0 bridgehead atoms. The van der Waals surface area contributed by atoms with Crippen LogP contribution in [0.5, 0.6) is 0 Å². The Bertz CT molecular complexity index is 425. The van der Waals surface area contributed by atoms with Crippen LogP contribution in [0.3, 0.4) is 0 Å². The first-order valence-corrected chi connectivity index (χ1v) is 11.0. The van der Waals surface area contributed by atoms with Gasteiger partial charge in [0.1, 0.15) is 0 Å². The predicted molar refractivity (Wildman–Crippen MR) is 110 cm³/mol. The quantitative estimate of drug-likeness (QED) is 0.147. The number of azide groups is 1. The first-order valence-electron chi connectivity index (χ1n) is 11.0. The van der Waals surface area contributed by atoms with Gasteiger partial charge in [-0.15, -0.1) is 0 Å². The van der Waals surface area contributed by atoms with E-state index in [-0.39, 0.29) is 18.8 Å². The Kier molecular flexibility index (Phi) is 12.8. The van der Waals surface area contributed by atoms with Crippen molar-refractivity contribution >= 4 is 0 Å². The highest BCUT2D eigenvalue weighted by Gasteiger charge is 2.44. The van der Waals surface area contributed by atoms with Crippen molar-refractivity contribution in [1.29, 1.82) is 0 Å². The van der Waals surface area contributed by atoms with E-state index in [2.05, 4.69) is 16.9 Å². The molecular weight excluding hydrogens is 342 g/mol. The van der Waals surface area contributed by atoms with E-state index in [4.69, 9.17) is 15.0 Å². The molecule has 1 aliphatic rings. The summed E-state index contributed by atoms with van der Waals surface area (Å²) in [5.74, 6) is -0.690. The molecule has 0 aromatic heterocycles. The minimum Gasteiger partial charge on any atom is -0.396 e. The van der Waals surface area contributed by atoms with Gasteiger partial charge in [-0.05, 0) is 25.8 Å². The second-order valence-electron chi connectivity index (χ2n) is 8.27. The van der Waals surface area contributed by atoms with Gasteiger partial charge in [-0.1, -0.05) is 89.1 Å². The molecule has 1 fully saturated rings. The third-order valence-corrected chi connectivity index (χ3v) is 5.33. The number of aliphatic hydroxyl groups is 1. The van der Waals surface area contributed by atoms with Crippen LogP contribution in [0, 0.1) is 0 Å². The molecule has 0 radical (unpaired) electrons. The van der Waals surface area contributed by atoms with E-state index >= 15 is 0 Å². The van der Waals surface area contributed by atoms with E-state index in [9.17, 15) is 5.11 Å². The number of aliphatic hydroxyl groups excluding tert-OH is 1.